The van der Waals surface area contributed by atoms with Crippen LogP contribution in [-0.2, 0) is 21.2 Å². The lowest BCUT2D eigenvalue weighted by Crippen LogP contribution is -2.27. The van der Waals surface area contributed by atoms with Crippen LogP contribution >= 0.6 is 11.6 Å². The molecule has 0 saturated heterocycles. The fourth-order valence-corrected chi connectivity index (χ4v) is 4.40. The first-order valence-corrected chi connectivity index (χ1v) is 9.83. The molecule has 2 rings (SSSR count). The first-order valence-electron chi connectivity index (χ1n) is 7.97. The van der Waals surface area contributed by atoms with Gasteiger partial charge in [0.25, 0.3) is 0 Å². The highest BCUT2D eigenvalue weighted by Crippen LogP contribution is 2.35. The fourth-order valence-electron chi connectivity index (χ4n) is 2.76. The summed E-state index contributed by atoms with van der Waals surface area (Å²) in [6, 6.07) is 3.17. The van der Waals surface area contributed by atoms with Crippen LogP contribution in [0.3, 0.4) is 0 Å². The molecule has 0 atom stereocenters. The van der Waals surface area contributed by atoms with Crippen LogP contribution in [0.2, 0.25) is 5.02 Å². The first kappa shape index (κ1) is 18.2. The summed E-state index contributed by atoms with van der Waals surface area (Å²) in [4.78, 5) is 13.3. The number of unbranched alkanes of at least 4 members (excludes halogenated alkanes) is 3. The molecule has 1 N–H and O–H groups in total. The zero-order valence-electron chi connectivity index (χ0n) is 13.6. The van der Waals surface area contributed by atoms with Gasteiger partial charge in [-0.15, -0.1) is 0 Å². The minimum absolute atomic E-state index is 0.0431. The van der Waals surface area contributed by atoms with Crippen molar-refractivity contribution in [2.45, 2.75) is 50.8 Å². The molecule has 1 aromatic carbocycles. The number of nitrogens with zero attached hydrogens (tertiary/aromatic N) is 1. The number of amides is 1. The highest BCUT2D eigenvalue weighted by Gasteiger charge is 2.27. The van der Waals surface area contributed by atoms with Gasteiger partial charge in [0.15, 0.2) is 0 Å². The minimum atomic E-state index is -3.67. The number of nitrogens with one attached hydrogen (secondary N) is 1. The Labute approximate surface area is 143 Å². The van der Waals surface area contributed by atoms with E-state index < -0.39 is 10.0 Å². The molecule has 23 heavy (non-hydrogen) atoms. The maximum Gasteiger partial charge on any atom is 0.242 e. The van der Waals surface area contributed by atoms with Crippen LogP contribution in [-0.4, -0.2) is 27.4 Å². The third-order valence-electron chi connectivity index (χ3n) is 4.02. The molecule has 0 bridgehead atoms. The smallest absolute Gasteiger partial charge is 0.242 e. The number of hydrogen-bond acceptors (Lipinski definition) is 3. The number of carbonyl (C=O) groups is 1. The number of fused-ring (bicyclic) bond motifs is 1. The van der Waals surface area contributed by atoms with E-state index in [4.69, 9.17) is 11.6 Å². The van der Waals surface area contributed by atoms with Crippen molar-refractivity contribution >= 4 is 33.2 Å². The molecule has 0 radical (unpaired) electrons. The monoisotopic (exact) mass is 358 g/mol. The van der Waals surface area contributed by atoms with E-state index in [1.165, 1.54) is 13.0 Å². The number of sulfonamides is 1. The molecule has 1 amide bonds. The van der Waals surface area contributed by atoms with Crippen molar-refractivity contribution in [3.63, 3.8) is 0 Å². The Hall–Kier alpha value is -1.11. The Kier molecular flexibility index (Phi) is 6.06. The zero-order valence-corrected chi connectivity index (χ0v) is 15.1. The van der Waals surface area contributed by atoms with E-state index in [1.807, 2.05) is 0 Å². The molecule has 0 fully saturated rings. The summed E-state index contributed by atoms with van der Waals surface area (Å²) in [5.41, 5.74) is 1.56. The number of anilines is 1. The van der Waals surface area contributed by atoms with Gasteiger partial charge in [-0.1, -0.05) is 37.8 Å². The molecule has 7 heteroatoms. The molecule has 0 aromatic heterocycles. The number of carbonyl (C=O) groups excluding carboxylic acids is 1. The van der Waals surface area contributed by atoms with Crippen LogP contribution in [0.25, 0.3) is 0 Å². The SMILES string of the molecule is CCCCCCNS(=O)(=O)c1cc2c(cc1Cl)CCN2C(C)=O. The Morgan fingerprint density at radius 1 is 1.30 bits per heavy atom. The first-order chi connectivity index (χ1) is 10.9. The second-order valence-electron chi connectivity index (χ2n) is 5.79. The summed E-state index contributed by atoms with van der Waals surface area (Å²) in [5.74, 6) is -0.0954. The third kappa shape index (κ3) is 4.25. The molecule has 0 saturated carbocycles. The fraction of sp³-hybridized carbons (Fsp3) is 0.562. The number of rotatable bonds is 7. The van der Waals surface area contributed by atoms with Gasteiger partial charge in [0.2, 0.25) is 15.9 Å². The summed E-state index contributed by atoms with van der Waals surface area (Å²) in [6.07, 6.45) is 4.68. The Morgan fingerprint density at radius 3 is 2.70 bits per heavy atom. The lowest BCUT2D eigenvalue weighted by Gasteiger charge is -2.16. The van der Waals surface area contributed by atoms with E-state index in [0.717, 1.165) is 31.2 Å². The van der Waals surface area contributed by atoms with Crippen molar-refractivity contribution in [1.29, 1.82) is 0 Å². The van der Waals surface area contributed by atoms with Crippen molar-refractivity contribution in [2.24, 2.45) is 0 Å². The summed E-state index contributed by atoms with van der Waals surface area (Å²) in [5, 5.41) is 0.204. The number of halogens is 1. The summed E-state index contributed by atoms with van der Waals surface area (Å²) < 4.78 is 27.5. The molecule has 0 spiro atoms. The summed E-state index contributed by atoms with van der Waals surface area (Å²) in [7, 11) is -3.67. The van der Waals surface area contributed by atoms with Crippen molar-refractivity contribution in [1.82, 2.24) is 4.72 Å². The number of hydrogen-bond donors (Lipinski definition) is 1. The van der Waals surface area contributed by atoms with Gasteiger partial charge in [0.1, 0.15) is 4.90 Å². The minimum Gasteiger partial charge on any atom is -0.312 e. The maximum absolute atomic E-state index is 12.5. The van der Waals surface area contributed by atoms with Crippen LogP contribution in [0.5, 0.6) is 0 Å². The highest BCUT2D eigenvalue weighted by atomic mass is 35.5. The molecule has 128 valence electrons. The van der Waals surface area contributed by atoms with E-state index >= 15 is 0 Å². The molecule has 1 aromatic rings. The van der Waals surface area contributed by atoms with Crippen molar-refractivity contribution in [3.05, 3.63) is 22.7 Å². The van der Waals surface area contributed by atoms with Gasteiger partial charge in [0.05, 0.1) is 5.02 Å². The van der Waals surface area contributed by atoms with Crippen LogP contribution < -0.4 is 9.62 Å². The molecule has 1 aliphatic rings. The second kappa shape index (κ2) is 7.64. The molecule has 1 aliphatic heterocycles. The van der Waals surface area contributed by atoms with Crippen LogP contribution in [0.15, 0.2) is 17.0 Å². The Balaban J connectivity index is 2.19. The predicted molar refractivity (Wildman–Crippen MR) is 92.5 cm³/mol. The van der Waals surface area contributed by atoms with Crippen molar-refractivity contribution in [3.8, 4) is 0 Å². The van der Waals surface area contributed by atoms with Gasteiger partial charge >= 0.3 is 0 Å². The van der Waals surface area contributed by atoms with Gasteiger partial charge in [-0.3, -0.25) is 4.79 Å². The molecular weight excluding hydrogens is 336 g/mol. The lowest BCUT2D eigenvalue weighted by molar-refractivity contribution is -0.116. The van der Waals surface area contributed by atoms with E-state index in [1.54, 1.807) is 11.0 Å². The Bertz CT molecular complexity index is 689. The molecule has 1 heterocycles. The predicted octanol–water partition coefficient (Wildman–Crippen LogP) is 3.11. The van der Waals surface area contributed by atoms with Crippen LogP contribution in [0.4, 0.5) is 5.69 Å². The largest absolute Gasteiger partial charge is 0.312 e. The molecule has 5 nitrogen and oxygen atoms in total. The van der Waals surface area contributed by atoms with E-state index in [2.05, 4.69) is 11.6 Å². The standard InChI is InChI=1S/C16H23ClN2O3S/c1-3-4-5-6-8-18-23(21,22)16-11-15-13(10-14(16)17)7-9-19(15)12(2)20/h10-11,18H,3-9H2,1-2H3. The molecular formula is C16H23ClN2O3S. The quantitative estimate of drug-likeness (QED) is 0.761. The van der Waals surface area contributed by atoms with Crippen molar-refractivity contribution < 1.29 is 13.2 Å². The summed E-state index contributed by atoms with van der Waals surface area (Å²) in [6.45, 7) is 4.54. The van der Waals surface area contributed by atoms with E-state index in [9.17, 15) is 13.2 Å². The lowest BCUT2D eigenvalue weighted by atomic mass is 10.2. The van der Waals surface area contributed by atoms with Gasteiger partial charge in [0, 0.05) is 25.7 Å². The maximum atomic E-state index is 12.5. The van der Waals surface area contributed by atoms with Crippen molar-refractivity contribution in [2.75, 3.05) is 18.0 Å². The second-order valence-corrected chi connectivity index (χ2v) is 7.93. The highest BCUT2D eigenvalue weighted by molar-refractivity contribution is 7.89. The van der Waals surface area contributed by atoms with Gasteiger partial charge in [-0.2, -0.15) is 0 Å². The normalized spacial score (nSPS) is 14.1. The van der Waals surface area contributed by atoms with Crippen LogP contribution in [0, 0.1) is 0 Å². The van der Waals surface area contributed by atoms with E-state index in [0.29, 0.717) is 25.2 Å². The van der Waals surface area contributed by atoms with E-state index in [-0.39, 0.29) is 15.8 Å². The average Bonchev–Trinajstić information content (AvgIpc) is 2.88. The summed E-state index contributed by atoms with van der Waals surface area (Å²) >= 11 is 6.16. The van der Waals surface area contributed by atoms with Crippen LogP contribution in [0.1, 0.15) is 45.1 Å². The average molecular weight is 359 g/mol. The number of benzene rings is 1. The topological polar surface area (TPSA) is 66.5 Å². The Morgan fingerprint density at radius 2 is 2.04 bits per heavy atom. The zero-order chi connectivity index (χ0) is 17.0. The van der Waals surface area contributed by atoms with Gasteiger partial charge in [-0.05, 0) is 30.5 Å². The van der Waals surface area contributed by atoms with Gasteiger partial charge < -0.3 is 4.90 Å². The molecule has 0 unspecified atom stereocenters. The third-order valence-corrected chi connectivity index (χ3v) is 5.95. The molecule has 0 aliphatic carbocycles. The van der Waals surface area contributed by atoms with Gasteiger partial charge in [-0.25, -0.2) is 13.1 Å².